The minimum Gasteiger partial charge on any atom is -0.342 e. The second-order valence-corrected chi connectivity index (χ2v) is 7.42. The topological polar surface area (TPSA) is 61.4 Å². The van der Waals surface area contributed by atoms with Gasteiger partial charge in [0, 0.05) is 30.6 Å². The van der Waals surface area contributed by atoms with E-state index >= 15 is 0 Å². The van der Waals surface area contributed by atoms with Crippen LogP contribution in [0.1, 0.15) is 59.3 Å². The Balaban J connectivity index is 1.71. The molecule has 0 atom stereocenters. The molecule has 0 bridgehead atoms. The summed E-state index contributed by atoms with van der Waals surface area (Å²) >= 11 is 0. The van der Waals surface area contributed by atoms with Gasteiger partial charge < -0.3 is 15.5 Å². The van der Waals surface area contributed by atoms with Crippen molar-refractivity contribution in [3.63, 3.8) is 0 Å². The summed E-state index contributed by atoms with van der Waals surface area (Å²) in [6, 6.07) is 0.505. The molecule has 0 aromatic heterocycles. The molecule has 0 unspecified atom stereocenters. The lowest BCUT2D eigenvalue weighted by atomic mass is 9.93. The summed E-state index contributed by atoms with van der Waals surface area (Å²) in [4.78, 5) is 26.1. The average Bonchev–Trinajstić information content (AvgIpc) is 2.90. The van der Waals surface area contributed by atoms with Crippen LogP contribution >= 0.6 is 0 Å². The van der Waals surface area contributed by atoms with E-state index in [1.165, 1.54) is 12.8 Å². The molecule has 0 spiro atoms. The highest BCUT2D eigenvalue weighted by atomic mass is 16.2. The predicted molar refractivity (Wildman–Crippen MR) is 83.0 cm³/mol. The molecule has 120 valence electrons. The molecule has 0 aromatic rings. The zero-order valence-electron chi connectivity index (χ0n) is 13.6. The second-order valence-electron chi connectivity index (χ2n) is 7.42. The maximum atomic E-state index is 12.2. The van der Waals surface area contributed by atoms with Crippen LogP contribution in [-0.4, -0.2) is 42.0 Å². The van der Waals surface area contributed by atoms with E-state index in [1.807, 2.05) is 25.7 Å². The zero-order chi connectivity index (χ0) is 15.5. The van der Waals surface area contributed by atoms with Crippen LogP contribution in [0, 0.1) is 5.41 Å². The Morgan fingerprint density at radius 2 is 1.38 bits per heavy atom. The van der Waals surface area contributed by atoms with Crippen molar-refractivity contribution in [2.24, 2.45) is 5.41 Å². The van der Waals surface area contributed by atoms with Gasteiger partial charge in [0.15, 0.2) is 0 Å². The van der Waals surface area contributed by atoms with Gasteiger partial charge in [-0.15, -0.1) is 0 Å². The van der Waals surface area contributed by atoms with Gasteiger partial charge >= 0.3 is 6.03 Å². The van der Waals surface area contributed by atoms with Crippen molar-refractivity contribution in [2.45, 2.75) is 71.4 Å². The Morgan fingerprint density at radius 1 is 0.905 bits per heavy atom. The molecule has 2 fully saturated rings. The first-order valence-electron chi connectivity index (χ1n) is 8.22. The summed E-state index contributed by atoms with van der Waals surface area (Å²) in [6.07, 6.45) is 6.34. The summed E-state index contributed by atoms with van der Waals surface area (Å²) < 4.78 is 0. The van der Waals surface area contributed by atoms with E-state index in [4.69, 9.17) is 0 Å². The van der Waals surface area contributed by atoms with Gasteiger partial charge in [-0.2, -0.15) is 0 Å². The standard InChI is InChI=1S/C16H29N3O2/c1-16(2,3)14(20)19-10-8-13(9-11-19)18-15(21)17-12-6-4-5-7-12/h12-13H,4-11H2,1-3H3,(H2,17,18,21). The molecule has 5 heteroatoms. The van der Waals surface area contributed by atoms with E-state index < -0.39 is 0 Å². The monoisotopic (exact) mass is 295 g/mol. The quantitative estimate of drug-likeness (QED) is 0.821. The number of hydrogen-bond donors (Lipinski definition) is 2. The second kappa shape index (κ2) is 6.67. The third-order valence-corrected chi connectivity index (χ3v) is 4.45. The first kappa shape index (κ1) is 16.1. The molecule has 2 N–H and O–H groups in total. The zero-order valence-corrected chi connectivity index (χ0v) is 13.6. The fourth-order valence-electron chi connectivity index (χ4n) is 3.18. The molecule has 21 heavy (non-hydrogen) atoms. The number of hydrogen-bond acceptors (Lipinski definition) is 2. The van der Waals surface area contributed by atoms with Gasteiger partial charge in [0.2, 0.25) is 5.91 Å². The molecule has 1 heterocycles. The van der Waals surface area contributed by atoms with Gasteiger partial charge in [0.1, 0.15) is 0 Å². The van der Waals surface area contributed by atoms with Crippen LogP contribution in [0.4, 0.5) is 4.79 Å². The first-order chi connectivity index (χ1) is 9.86. The van der Waals surface area contributed by atoms with Crippen LogP contribution < -0.4 is 10.6 Å². The molecule has 0 aromatic carbocycles. The van der Waals surface area contributed by atoms with Crippen LogP contribution in [0.5, 0.6) is 0 Å². The third kappa shape index (κ3) is 4.61. The van der Waals surface area contributed by atoms with Crippen molar-refractivity contribution in [1.82, 2.24) is 15.5 Å². The molecule has 1 saturated heterocycles. The molecule has 5 nitrogen and oxygen atoms in total. The number of nitrogens with zero attached hydrogens (tertiary/aromatic N) is 1. The van der Waals surface area contributed by atoms with Gasteiger partial charge in [-0.05, 0) is 25.7 Å². The lowest BCUT2D eigenvalue weighted by Gasteiger charge is -2.36. The van der Waals surface area contributed by atoms with Gasteiger partial charge in [-0.25, -0.2) is 4.79 Å². The van der Waals surface area contributed by atoms with Crippen LogP contribution in [0.3, 0.4) is 0 Å². The maximum absolute atomic E-state index is 12.2. The van der Waals surface area contributed by atoms with E-state index in [-0.39, 0.29) is 23.4 Å². The van der Waals surface area contributed by atoms with Crippen LogP contribution in [0.15, 0.2) is 0 Å². The molecule has 1 aliphatic carbocycles. The molecular formula is C16H29N3O2. The number of rotatable bonds is 2. The number of carbonyl (C=O) groups is 2. The Bertz CT molecular complexity index is 375. The minimum atomic E-state index is -0.319. The highest BCUT2D eigenvalue weighted by molar-refractivity contribution is 5.81. The number of likely N-dealkylation sites (tertiary alicyclic amines) is 1. The molecule has 3 amide bonds. The fraction of sp³-hybridized carbons (Fsp3) is 0.875. The Morgan fingerprint density at radius 3 is 1.86 bits per heavy atom. The van der Waals surface area contributed by atoms with Gasteiger partial charge in [0.05, 0.1) is 0 Å². The number of amides is 3. The molecule has 1 aliphatic heterocycles. The van der Waals surface area contributed by atoms with Crippen LogP contribution in [-0.2, 0) is 4.79 Å². The van der Waals surface area contributed by atoms with Gasteiger partial charge in [-0.1, -0.05) is 33.6 Å². The Labute approximate surface area is 127 Å². The summed E-state index contributed by atoms with van der Waals surface area (Å²) in [5.41, 5.74) is -0.319. The first-order valence-corrected chi connectivity index (χ1v) is 8.22. The predicted octanol–water partition coefficient (Wildman–Crippen LogP) is 2.27. The summed E-state index contributed by atoms with van der Waals surface area (Å²) in [7, 11) is 0. The van der Waals surface area contributed by atoms with E-state index in [0.717, 1.165) is 38.8 Å². The van der Waals surface area contributed by atoms with Gasteiger partial charge in [-0.3, -0.25) is 4.79 Å². The lowest BCUT2D eigenvalue weighted by Crippen LogP contribution is -2.52. The number of nitrogens with one attached hydrogen (secondary N) is 2. The SMILES string of the molecule is CC(C)(C)C(=O)N1CCC(NC(=O)NC2CCCC2)CC1. The van der Waals surface area contributed by atoms with E-state index in [0.29, 0.717) is 6.04 Å². The normalized spacial score (nSPS) is 21.4. The highest BCUT2D eigenvalue weighted by Crippen LogP contribution is 2.21. The van der Waals surface area contributed by atoms with E-state index in [2.05, 4.69) is 10.6 Å². The minimum absolute atomic E-state index is 0.0394. The lowest BCUT2D eigenvalue weighted by molar-refractivity contribution is -0.140. The van der Waals surface area contributed by atoms with Gasteiger partial charge in [0.25, 0.3) is 0 Å². The molecule has 2 rings (SSSR count). The largest absolute Gasteiger partial charge is 0.342 e. The Hall–Kier alpha value is -1.26. The molecule has 0 radical (unpaired) electrons. The molecular weight excluding hydrogens is 266 g/mol. The van der Waals surface area contributed by atoms with Crippen LogP contribution in [0.25, 0.3) is 0 Å². The smallest absolute Gasteiger partial charge is 0.315 e. The average molecular weight is 295 g/mol. The maximum Gasteiger partial charge on any atom is 0.315 e. The van der Waals surface area contributed by atoms with Crippen molar-refractivity contribution < 1.29 is 9.59 Å². The highest BCUT2D eigenvalue weighted by Gasteiger charge is 2.30. The van der Waals surface area contributed by atoms with Crippen molar-refractivity contribution >= 4 is 11.9 Å². The number of piperidine rings is 1. The third-order valence-electron chi connectivity index (χ3n) is 4.45. The van der Waals surface area contributed by atoms with E-state index in [9.17, 15) is 9.59 Å². The van der Waals surface area contributed by atoms with Crippen molar-refractivity contribution in [2.75, 3.05) is 13.1 Å². The summed E-state index contributed by atoms with van der Waals surface area (Å²) in [6.45, 7) is 7.34. The van der Waals surface area contributed by atoms with Crippen molar-refractivity contribution in [1.29, 1.82) is 0 Å². The number of urea groups is 1. The number of carbonyl (C=O) groups excluding carboxylic acids is 2. The molecule has 2 aliphatic rings. The Kier molecular flexibility index (Phi) is 5.12. The summed E-state index contributed by atoms with van der Waals surface area (Å²) in [5, 5.41) is 6.11. The van der Waals surface area contributed by atoms with Crippen molar-refractivity contribution in [3.8, 4) is 0 Å². The van der Waals surface area contributed by atoms with E-state index in [1.54, 1.807) is 0 Å². The molecule has 1 saturated carbocycles. The summed E-state index contributed by atoms with van der Waals surface area (Å²) in [5.74, 6) is 0.205. The van der Waals surface area contributed by atoms with Crippen LogP contribution in [0.2, 0.25) is 0 Å². The van der Waals surface area contributed by atoms with Crippen molar-refractivity contribution in [3.05, 3.63) is 0 Å². The fourth-order valence-corrected chi connectivity index (χ4v) is 3.18.